The average molecular weight is 418 g/mol. The Kier molecular flexibility index (Phi) is 7.25. The van der Waals surface area contributed by atoms with Crippen molar-refractivity contribution in [1.82, 2.24) is 4.90 Å². The molecule has 3 nitrogen and oxygen atoms in total. The molecule has 1 saturated heterocycles. The maximum absolute atomic E-state index is 11.6. The quantitative estimate of drug-likeness (QED) is 0.762. The molecule has 128 valence electrons. The number of aliphatic hydroxyl groups is 1. The van der Waals surface area contributed by atoms with E-state index in [1.807, 2.05) is 40.9 Å². The Morgan fingerprint density at radius 1 is 1.17 bits per heavy atom. The Bertz CT molecular complexity index is 525. The topological polar surface area (TPSA) is 32.7 Å². The molecule has 1 fully saturated rings. The molecule has 2 unspecified atom stereocenters. The van der Waals surface area contributed by atoms with Crippen LogP contribution in [-0.2, 0) is 10.3 Å². The number of nitrogens with zero attached hydrogens (tertiary/aromatic N) is 1. The number of piperidine rings is 1. The van der Waals surface area contributed by atoms with Crippen molar-refractivity contribution in [2.75, 3.05) is 33.1 Å². The smallest absolute Gasteiger partial charge is 0.137 e. The Labute approximate surface area is 155 Å². The third-order valence-corrected chi connectivity index (χ3v) is 6.30. The Balaban J connectivity index is 0.000000924. The van der Waals surface area contributed by atoms with Crippen LogP contribution in [0, 0.1) is 5.92 Å². The highest BCUT2D eigenvalue weighted by Crippen LogP contribution is 2.44. The summed E-state index contributed by atoms with van der Waals surface area (Å²) < 4.78 is 5.58. The van der Waals surface area contributed by atoms with Gasteiger partial charge in [-0.2, -0.15) is 0 Å². The molecule has 2 atom stereocenters. The van der Waals surface area contributed by atoms with Crippen molar-refractivity contribution in [2.24, 2.45) is 5.92 Å². The van der Waals surface area contributed by atoms with Gasteiger partial charge in [0.2, 0.25) is 0 Å². The summed E-state index contributed by atoms with van der Waals surface area (Å²) >= 11 is 6.20. The minimum atomic E-state index is -0.909. The molecule has 0 spiro atoms. The summed E-state index contributed by atoms with van der Waals surface area (Å²) in [7, 11) is 3.86. The monoisotopic (exact) mass is 417 g/mol. The Morgan fingerprint density at radius 3 is 2.17 bits per heavy atom. The molecule has 0 aliphatic carbocycles. The van der Waals surface area contributed by atoms with Crippen molar-refractivity contribution >= 4 is 38.6 Å². The van der Waals surface area contributed by atoms with Crippen LogP contribution in [0.5, 0.6) is 0 Å². The molecule has 23 heavy (non-hydrogen) atoms. The summed E-state index contributed by atoms with van der Waals surface area (Å²) in [4.78, 5) is 4.31. The number of halogens is 1. The molecule has 3 heterocycles. The number of rotatable bonds is 4. The second-order valence-corrected chi connectivity index (χ2v) is 7.63. The van der Waals surface area contributed by atoms with Gasteiger partial charge < -0.3 is 14.7 Å². The maximum atomic E-state index is 11.6. The fourth-order valence-electron chi connectivity index (χ4n) is 3.25. The number of ether oxygens (including phenoxy) is 1. The number of likely N-dealkylation sites (tertiary alicyclic amines) is 1. The van der Waals surface area contributed by atoms with Crippen molar-refractivity contribution in [3.05, 3.63) is 44.8 Å². The third kappa shape index (κ3) is 4.06. The number of hydrogen-bond acceptors (Lipinski definition) is 5. The fraction of sp³-hybridized carbons (Fsp3) is 0.529. The van der Waals surface area contributed by atoms with Crippen LogP contribution in [0.2, 0.25) is 0 Å². The van der Waals surface area contributed by atoms with Crippen LogP contribution in [0.1, 0.15) is 16.2 Å². The molecule has 0 saturated carbocycles. The van der Waals surface area contributed by atoms with Crippen LogP contribution in [0.3, 0.4) is 0 Å². The molecule has 1 aliphatic heterocycles. The van der Waals surface area contributed by atoms with Gasteiger partial charge in [-0.15, -0.1) is 22.7 Å². The zero-order valence-corrected chi connectivity index (χ0v) is 17.0. The SMILES string of the molecule is CBr.COC1CC(C(O)(c2cccs2)c2cccs2)CN(C)C1. The van der Waals surface area contributed by atoms with E-state index in [0.717, 1.165) is 29.3 Å². The molecule has 6 heteroatoms. The predicted octanol–water partition coefficient (Wildman–Crippen LogP) is 4.02. The van der Waals surface area contributed by atoms with E-state index in [1.54, 1.807) is 29.8 Å². The van der Waals surface area contributed by atoms with E-state index in [1.165, 1.54) is 0 Å². The molecular weight excluding hydrogens is 394 g/mol. The second-order valence-electron chi connectivity index (χ2n) is 5.73. The van der Waals surface area contributed by atoms with Gasteiger partial charge >= 0.3 is 0 Å². The van der Waals surface area contributed by atoms with E-state index in [0.29, 0.717) is 0 Å². The summed E-state index contributed by atoms with van der Waals surface area (Å²) in [5.41, 5.74) is -0.909. The lowest BCUT2D eigenvalue weighted by atomic mass is 9.78. The van der Waals surface area contributed by atoms with Gasteiger partial charge in [0.05, 0.1) is 6.10 Å². The first-order valence-electron chi connectivity index (χ1n) is 7.54. The average Bonchev–Trinajstić information content (AvgIpc) is 3.29. The first-order valence-corrected chi connectivity index (χ1v) is 10.9. The van der Waals surface area contributed by atoms with E-state index in [-0.39, 0.29) is 12.0 Å². The summed E-state index contributed by atoms with van der Waals surface area (Å²) in [6, 6.07) is 8.11. The van der Waals surface area contributed by atoms with Crippen molar-refractivity contribution in [2.45, 2.75) is 18.1 Å². The van der Waals surface area contributed by atoms with Crippen molar-refractivity contribution in [3.63, 3.8) is 0 Å². The second kappa shape index (κ2) is 8.74. The van der Waals surface area contributed by atoms with Crippen LogP contribution >= 0.6 is 38.6 Å². The molecule has 3 rings (SSSR count). The van der Waals surface area contributed by atoms with Gasteiger partial charge in [-0.3, -0.25) is 0 Å². The Hall–Kier alpha value is -0.240. The van der Waals surface area contributed by atoms with Crippen LogP contribution < -0.4 is 0 Å². The zero-order chi connectivity index (χ0) is 16.9. The zero-order valence-electron chi connectivity index (χ0n) is 13.7. The molecule has 0 radical (unpaired) electrons. The molecule has 2 aromatic heterocycles. The molecule has 0 bridgehead atoms. The lowest BCUT2D eigenvalue weighted by molar-refractivity contribution is -0.0583. The van der Waals surface area contributed by atoms with Crippen LogP contribution in [0.25, 0.3) is 0 Å². The van der Waals surface area contributed by atoms with Gasteiger partial charge in [0.1, 0.15) is 5.60 Å². The highest BCUT2D eigenvalue weighted by molar-refractivity contribution is 9.08. The number of hydrogen-bond donors (Lipinski definition) is 1. The van der Waals surface area contributed by atoms with Crippen molar-refractivity contribution in [3.8, 4) is 0 Å². The van der Waals surface area contributed by atoms with Crippen LogP contribution in [0.15, 0.2) is 35.0 Å². The highest BCUT2D eigenvalue weighted by atomic mass is 79.9. The van der Waals surface area contributed by atoms with Gasteiger partial charge in [0.15, 0.2) is 0 Å². The molecular formula is C17H24BrNO2S2. The van der Waals surface area contributed by atoms with Gasteiger partial charge in [0.25, 0.3) is 0 Å². The minimum Gasteiger partial charge on any atom is -0.380 e. The highest BCUT2D eigenvalue weighted by Gasteiger charge is 2.45. The van der Waals surface area contributed by atoms with Gasteiger partial charge in [-0.25, -0.2) is 0 Å². The molecule has 0 aromatic carbocycles. The standard InChI is InChI=1S/C16H21NO2S2.CH3Br/c1-17-10-12(9-13(11-17)19-2)16(18,14-5-3-7-20-14)15-6-4-8-21-15;1-2/h3-8,12-13,18H,9-11H2,1-2H3;1H3. The number of alkyl halides is 1. The lowest BCUT2D eigenvalue weighted by Crippen LogP contribution is -2.50. The Morgan fingerprint density at radius 2 is 1.74 bits per heavy atom. The molecule has 0 amide bonds. The predicted molar refractivity (Wildman–Crippen MR) is 103 cm³/mol. The minimum absolute atomic E-state index is 0.137. The normalized spacial score (nSPS) is 22.5. The van der Waals surface area contributed by atoms with Gasteiger partial charge in [-0.05, 0) is 42.2 Å². The lowest BCUT2D eigenvalue weighted by Gasteiger charge is -2.43. The van der Waals surface area contributed by atoms with Gasteiger partial charge in [0, 0.05) is 35.9 Å². The molecule has 2 aromatic rings. The van der Waals surface area contributed by atoms with E-state index in [9.17, 15) is 5.11 Å². The van der Waals surface area contributed by atoms with Crippen molar-refractivity contribution < 1.29 is 9.84 Å². The fourth-order valence-corrected chi connectivity index (χ4v) is 5.15. The maximum Gasteiger partial charge on any atom is 0.137 e. The van der Waals surface area contributed by atoms with Crippen molar-refractivity contribution in [1.29, 1.82) is 0 Å². The third-order valence-electron chi connectivity index (χ3n) is 4.31. The first kappa shape index (κ1) is 19.1. The van der Waals surface area contributed by atoms with Crippen LogP contribution in [-0.4, -0.2) is 49.2 Å². The molecule has 1 aliphatic rings. The summed E-state index contributed by atoms with van der Waals surface area (Å²) in [5, 5.41) is 15.7. The van der Waals surface area contributed by atoms with E-state index >= 15 is 0 Å². The largest absolute Gasteiger partial charge is 0.380 e. The number of methoxy groups -OCH3 is 1. The van der Waals surface area contributed by atoms with Crippen LogP contribution in [0.4, 0.5) is 0 Å². The first-order chi connectivity index (χ1) is 11.1. The van der Waals surface area contributed by atoms with Gasteiger partial charge in [-0.1, -0.05) is 28.1 Å². The summed E-state index contributed by atoms with van der Waals surface area (Å²) in [6.07, 6.45) is 1.06. The summed E-state index contributed by atoms with van der Waals surface area (Å²) in [6.45, 7) is 1.81. The van der Waals surface area contributed by atoms with E-state index in [4.69, 9.17) is 4.74 Å². The number of likely N-dealkylation sites (N-methyl/N-ethyl adjacent to an activating group) is 1. The number of thiophene rings is 2. The van der Waals surface area contributed by atoms with E-state index in [2.05, 4.69) is 27.9 Å². The summed E-state index contributed by atoms with van der Waals surface area (Å²) in [5.74, 6) is 1.95. The van der Waals surface area contributed by atoms with E-state index < -0.39 is 5.60 Å². The molecule has 1 N–H and O–H groups in total.